The molecule has 1 aliphatic rings. The van der Waals surface area contributed by atoms with Crippen LogP contribution in [0.5, 0.6) is 5.75 Å². The zero-order valence-corrected chi connectivity index (χ0v) is 18.3. The number of nitrogens with zero attached hydrogens (tertiary/aromatic N) is 1. The number of aryl methyl sites for hydroxylation is 1. The summed E-state index contributed by atoms with van der Waals surface area (Å²) in [5.41, 5.74) is -0.900. The van der Waals surface area contributed by atoms with E-state index in [-0.39, 0.29) is 11.3 Å². The highest BCUT2D eigenvalue weighted by Gasteiger charge is 2.60. The van der Waals surface area contributed by atoms with Crippen LogP contribution in [0, 0.1) is 12.8 Å². The van der Waals surface area contributed by atoms with Crippen LogP contribution in [0.3, 0.4) is 0 Å². The maximum atomic E-state index is 14.1. The molecule has 29 heavy (non-hydrogen) atoms. The monoisotopic (exact) mass is 429 g/mol. The molecular formula is C22H30F3NO2S. The topological polar surface area (TPSA) is 41.8 Å². The number of thioether (sulfide) groups is 1. The molecule has 0 bridgehead atoms. The summed E-state index contributed by atoms with van der Waals surface area (Å²) in [6.07, 6.45) is 1.37. The zero-order chi connectivity index (χ0) is 21.7. The van der Waals surface area contributed by atoms with Crippen LogP contribution in [0.15, 0.2) is 28.8 Å². The number of hydrogen-bond acceptors (Lipinski definition) is 4. The Labute approximate surface area is 175 Å². The average Bonchev–Trinajstić information content (AvgIpc) is 2.68. The second kappa shape index (κ2) is 10.0. The van der Waals surface area contributed by atoms with Crippen molar-refractivity contribution in [2.24, 2.45) is 10.9 Å². The van der Waals surface area contributed by atoms with Crippen molar-refractivity contribution in [3.8, 4) is 5.75 Å². The summed E-state index contributed by atoms with van der Waals surface area (Å²) in [6.45, 7) is 5.80. The van der Waals surface area contributed by atoms with Gasteiger partial charge in [-0.05, 0) is 62.3 Å². The van der Waals surface area contributed by atoms with Gasteiger partial charge in [-0.1, -0.05) is 18.9 Å². The lowest BCUT2D eigenvalue weighted by atomic mass is 9.76. The standard InChI is InChI=1S/C22H30F3NO2S/c1-5-6-15(2)7-10-26-19-14-20(28-4)18(13-16(19)3)21(27,22(23,24)25)17-8-11-29-12-9-17/h7,10,13-14,17,27H,5-6,8-9,11-12H2,1-4H3/b15-7+,26-10+. The van der Waals surface area contributed by atoms with Gasteiger partial charge < -0.3 is 9.84 Å². The lowest BCUT2D eigenvalue weighted by Crippen LogP contribution is -2.49. The van der Waals surface area contributed by atoms with Crippen molar-refractivity contribution in [3.05, 3.63) is 34.9 Å². The average molecular weight is 430 g/mol. The molecule has 1 N–H and O–H groups in total. The van der Waals surface area contributed by atoms with Crippen molar-refractivity contribution in [1.82, 2.24) is 0 Å². The molecule has 1 aromatic rings. The number of benzene rings is 1. The third-order valence-corrected chi connectivity index (χ3v) is 6.44. The summed E-state index contributed by atoms with van der Waals surface area (Å²) in [5.74, 6) is 0.327. The predicted octanol–water partition coefficient (Wildman–Crippen LogP) is 6.35. The SMILES string of the molecule is CCC/C(C)=C/C=N/c1cc(OC)c(C(O)(C2CCSCC2)C(F)(F)F)cc1C. The Morgan fingerprint density at radius 3 is 2.52 bits per heavy atom. The van der Waals surface area contributed by atoms with Crippen LogP contribution in [-0.4, -0.2) is 36.1 Å². The smallest absolute Gasteiger partial charge is 0.421 e. The largest absolute Gasteiger partial charge is 0.496 e. The van der Waals surface area contributed by atoms with Crippen molar-refractivity contribution in [1.29, 1.82) is 0 Å². The number of methoxy groups -OCH3 is 1. The fourth-order valence-corrected chi connectivity index (χ4v) is 4.83. The third-order valence-electron chi connectivity index (χ3n) is 5.39. The maximum absolute atomic E-state index is 14.1. The van der Waals surface area contributed by atoms with Crippen molar-refractivity contribution < 1.29 is 23.0 Å². The van der Waals surface area contributed by atoms with Crippen LogP contribution >= 0.6 is 11.8 Å². The second-order valence-electron chi connectivity index (χ2n) is 7.53. The lowest BCUT2D eigenvalue weighted by Gasteiger charge is -2.40. The highest BCUT2D eigenvalue weighted by molar-refractivity contribution is 7.99. The molecule has 3 nitrogen and oxygen atoms in total. The molecule has 1 unspecified atom stereocenters. The highest BCUT2D eigenvalue weighted by atomic mass is 32.2. The first-order chi connectivity index (χ1) is 13.6. The van der Waals surface area contributed by atoms with Crippen LogP contribution in [-0.2, 0) is 5.60 Å². The van der Waals surface area contributed by atoms with E-state index in [9.17, 15) is 18.3 Å². The number of aliphatic imine (C=N–C) groups is 1. The molecule has 0 saturated carbocycles. The van der Waals surface area contributed by atoms with Crippen molar-refractivity contribution in [3.63, 3.8) is 0 Å². The number of halogens is 3. The summed E-state index contributed by atoms with van der Waals surface area (Å²) >= 11 is 1.62. The first-order valence-corrected chi connectivity index (χ1v) is 11.1. The van der Waals surface area contributed by atoms with Gasteiger partial charge in [0.2, 0.25) is 0 Å². The van der Waals surface area contributed by atoms with Gasteiger partial charge in [0, 0.05) is 23.8 Å². The van der Waals surface area contributed by atoms with E-state index in [2.05, 4.69) is 11.9 Å². The minimum atomic E-state index is -4.80. The number of rotatable bonds is 7. The molecule has 1 heterocycles. The van der Waals surface area contributed by atoms with Gasteiger partial charge in [0.15, 0.2) is 5.60 Å². The number of allylic oxidation sites excluding steroid dienone is 2. The molecule has 1 saturated heterocycles. The zero-order valence-electron chi connectivity index (χ0n) is 17.5. The summed E-state index contributed by atoms with van der Waals surface area (Å²) < 4.78 is 47.7. The van der Waals surface area contributed by atoms with Crippen molar-refractivity contribution in [2.75, 3.05) is 18.6 Å². The van der Waals surface area contributed by atoms with E-state index in [1.165, 1.54) is 24.8 Å². The summed E-state index contributed by atoms with van der Waals surface area (Å²) in [4.78, 5) is 4.39. The Morgan fingerprint density at radius 2 is 1.97 bits per heavy atom. The number of alkyl halides is 3. The van der Waals surface area contributed by atoms with Gasteiger partial charge in [-0.15, -0.1) is 0 Å². The van der Waals surface area contributed by atoms with E-state index in [0.717, 1.165) is 12.8 Å². The van der Waals surface area contributed by atoms with Gasteiger partial charge >= 0.3 is 6.18 Å². The summed E-state index contributed by atoms with van der Waals surface area (Å²) in [6, 6.07) is 2.86. The van der Waals surface area contributed by atoms with Gasteiger partial charge in [0.05, 0.1) is 12.8 Å². The molecule has 2 rings (SSSR count). The Balaban J connectivity index is 2.49. The Kier molecular flexibility index (Phi) is 8.23. The van der Waals surface area contributed by atoms with Crippen molar-refractivity contribution in [2.45, 2.75) is 58.2 Å². The van der Waals surface area contributed by atoms with Gasteiger partial charge in [-0.25, -0.2) is 0 Å². The quantitative estimate of drug-likeness (QED) is 0.514. The van der Waals surface area contributed by atoms with Crippen LogP contribution in [0.4, 0.5) is 18.9 Å². The lowest BCUT2D eigenvalue weighted by molar-refractivity contribution is -0.288. The fourth-order valence-electron chi connectivity index (χ4n) is 3.73. The fraction of sp³-hybridized carbons (Fsp3) is 0.591. The van der Waals surface area contributed by atoms with Gasteiger partial charge in [-0.3, -0.25) is 4.99 Å². The molecular weight excluding hydrogens is 399 g/mol. The minimum absolute atomic E-state index is 0.00932. The first kappa shape index (κ1) is 23.8. The Morgan fingerprint density at radius 1 is 1.31 bits per heavy atom. The van der Waals surface area contributed by atoms with E-state index < -0.39 is 17.7 Å². The van der Waals surface area contributed by atoms with Crippen LogP contribution in [0.2, 0.25) is 0 Å². The summed E-state index contributed by atoms with van der Waals surface area (Å²) in [7, 11) is 1.32. The number of aliphatic hydroxyl groups is 1. The van der Waals surface area contributed by atoms with E-state index in [1.54, 1.807) is 24.9 Å². The predicted molar refractivity (Wildman–Crippen MR) is 115 cm³/mol. The normalized spacial score (nSPS) is 18.8. The molecule has 0 aromatic heterocycles. The molecule has 1 atom stereocenters. The molecule has 1 fully saturated rings. The maximum Gasteiger partial charge on any atom is 0.421 e. The number of hydrogen-bond donors (Lipinski definition) is 1. The van der Waals surface area contributed by atoms with Crippen molar-refractivity contribution >= 4 is 23.7 Å². The Bertz CT molecular complexity index is 755. The molecule has 1 aliphatic heterocycles. The molecule has 1 aromatic carbocycles. The highest BCUT2D eigenvalue weighted by Crippen LogP contribution is 2.52. The van der Waals surface area contributed by atoms with Crippen LogP contribution in [0.1, 0.15) is 50.7 Å². The van der Waals surface area contributed by atoms with Gasteiger partial charge in [0.1, 0.15) is 5.75 Å². The van der Waals surface area contributed by atoms with E-state index >= 15 is 0 Å². The third kappa shape index (κ3) is 5.37. The number of ether oxygens (including phenoxy) is 1. The van der Waals surface area contributed by atoms with Crippen LogP contribution < -0.4 is 4.74 Å². The molecule has 0 amide bonds. The summed E-state index contributed by atoms with van der Waals surface area (Å²) in [5, 5.41) is 11.0. The molecule has 7 heteroatoms. The molecule has 0 radical (unpaired) electrons. The molecule has 0 spiro atoms. The van der Waals surface area contributed by atoms with Crippen LogP contribution in [0.25, 0.3) is 0 Å². The van der Waals surface area contributed by atoms with Gasteiger partial charge in [0.25, 0.3) is 0 Å². The molecule has 162 valence electrons. The molecule has 0 aliphatic carbocycles. The Hall–Kier alpha value is -1.47. The second-order valence-corrected chi connectivity index (χ2v) is 8.76. The van der Waals surface area contributed by atoms with E-state index in [4.69, 9.17) is 4.74 Å². The van der Waals surface area contributed by atoms with E-state index in [1.807, 2.05) is 13.0 Å². The van der Waals surface area contributed by atoms with E-state index in [0.29, 0.717) is 35.6 Å². The first-order valence-electron chi connectivity index (χ1n) is 9.90. The van der Waals surface area contributed by atoms with Gasteiger partial charge in [-0.2, -0.15) is 24.9 Å². The minimum Gasteiger partial charge on any atom is -0.496 e.